The second-order valence-corrected chi connectivity index (χ2v) is 8.27. The van der Waals surface area contributed by atoms with Crippen LogP contribution < -0.4 is 5.32 Å². The molecule has 1 fully saturated rings. The first-order chi connectivity index (χ1) is 12.3. The second kappa shape index (κ2) is 7.28. The van der Waals surface area contributed by atoms with Crippen LogP contribution in [0.5, 0.6) is 0 Å². The Labute approximate surface area is 150 Å². The molecule has 2 heterocycles. The van der Waals surface area contributed by atoms with Crippen LogP contribution in [0.1, 0.15) is 19.2 Å². The van der Waals surface area contributed by atoms with Crippen molar-refractivity contribution in [2.45, 2.75) is 25.5 Å². The van der Waals surface area contributed by atoms with Gasteiger partial charge in [0.2, 0.25) is 5.89 Å². The third-order valence-corrected chi connectivity index (χ3v) is 5.68. The number of fused-ring (bicyclic) bond motifs is 1. The van der Waals surface area contributed by atoms with Crippen molar-refractivity contribution in [3.8, 4) is 0 Å². The minimum absolute atomic E-state index is 0.0549. The third kappa shape index (κ3) is 4.48. The number of rotatable bonds is 5. The Balaban J connectivity index is 1.52. The number of ether oxygens (including phenoxy) is 1. The predicted molar refractivity (Wildman–Crippen MR) is 93.8 cm³/mol. The Hall–Kier alpha value is -2.68. The van der Waals surface area contributed by atoms with E-state index in [1.54, 1.807) is 12.1 Å². The van der Waals surface area contributed by atoms with E-state index in [2.05, 4.69) is 10.3 Å². The molecule has 2 atom stereocenters. The van der Waals surface area contributed by atoms with Gasteiger partial charge in [0.1, 0.15) is 5.52 Å². The van der Waals surface area contributed by atoms with Crippen LogP contribution in [0.25, 0.3) is 17.2 Å². The molecule has 1 aromatic heterocycles. The van der Waals surface area contributed by atoms with Gasteiger partial charge in [0.05, 0.1) is 11.5 Å². The molecule has 1 saturated heterocycles. The number of hydrogen-bond acceptors (Lipinski definition) is 7. The van der Waals surface area contributed by atoms with Crippen LogP contribution in [-0.2, 0) is 24.2 Å². The monoisotopic (exact) mass is 378 g/mol. The average molecular weight is 378 g/mol. The van der Waals surface area contributed by atoms with Gasteiger partial charge in [-0.2, -0.15) is 0 Å². The number of nitrogens with zero attached hydrogens (tertiary/aromatic N) is 1. The maximum Gasteiger partial charge on any atom is 0.331 e. The quantitative estimate of drug-likeness (QED) is 0.611. The van der Waals surface area contributed by atoms with E-state index in [1.807, 2.05) is 12.1 Å². The molecule has 0 radical (unpaired) electrons. The zero-order valence-electron chi connectivity index (χ0n) is 14.0. The summed E-state index contributed by atoms with van der Waals surface area (Å²) in [5.41, 5.74) is 1.26. The Morgan fingerprint density at radius 1 is 1.38 bits per heavy atom. The first-order valence-electron chi connectivity index (χ1n) is 8.07. The number of nitrogens with one attached hydrogen (secondary N) is 1. The Kier molecular flexibility index (Phi) is 5.08. The lowest BCUT2D eigenvalue weighted by Gasteiger charge is -2.15. The minimum atomic E-state index is -3.09. The molecule has 0 saturated carbocycles. The van der Waals surface area contributed by atoms with E-state index in [9.17, 15) is 18.0 Å². The maximum absolute atomic E-state index is 12.0. The molecule has 1 amide bonds. The lowest BCUT2D eigenvalue weighted by Crippen LogP contribution is -2.42. The summed E-state index contributed by atoms with van der Waals surface area (Å²) in [6.07, 6.45) is 1.80. The number of oxazole rings is 1. The number of carbonyl (C=O) groups is 2. The van der Waals surface area contributed by atoms with Gasteiger partial charge in [-0.15, -0.1) is 0 Å². The molecule has 1 aliphatic rings. The number of sulfone groups is 1. The lowest BCUT2D eigenvalue weighted by atomic mass is 10.2. The van der Waals surface area contributed by atoms with Crippen LogP contribution in [-0.4, -0.2) is 48.9 Å². The summed E-state index contributed by atoms with van der Waals surface area (Å²) >= 11 is 0. The van der Waals surface area contributed by atoms with Crippen LogP contribution in [0.2, 0.25) is 0 Å². The highest BCUT2D eigenvalue weighted by Crippen LogP contribution is 2.15. The van der Waals surface area contributed by atoms with Gasteiger partial charge < -0.3 is 14.5 Å². The van der Waals surface area contributed by atoms with Gasteiger partial charge >= 0.3 is 5.97 Å². The highest BCUT2D eigenvalue weighted by molar-refractivity contribution is 7.91. The summed E-state index contributed by atoms with van der Waals surface area (Å²) in [5, 5.41) is 2.58. The molecule has 0 unspecified atom stereocenters. The van der Waals surface area contributed by atoms with Crippen molar-refractivity contribution in [1.29, 1.82) is 0 Å². The van der Waals surface area contributed by atoms with Crippen molar-refractivity contribution in [3.05, 3.63) is 36.2 Å². The molecule has 8 nitrogen and oxygen atoms in total. The summed E-state index contributed by atoms with van der Waals surface area (Å²) < 4.78 is 33.2. The van der Waals surface area contributed by atoms with Crippen molar-refractivity contribution in [2.75, 3.05) is 11.5 Å². The number of hydrogen-bond donors (Lipinski definition) is 1. The zero-order chi connectivity index (χ0) is 18.7. The third-order valence-electron chi connectivity index (χ3n) is 3.91. The number of amides is 1. The fraction of sp³-hybridized carbons (Fsp3) is 0.353. The van der Waals surface area contributed by atoms with Gasteiger partial charge in [0, 0.05) is 18.2 Å². The largest absolute Gasteiger partial charge is 0.449 e. The van der Waals surface area contributed by atoms with E-state index in [0.29, 0.717) is 17.5 Å². The second-order valence-electron chi connectivity index (χ2n) is 6.04. The van der Waals surface area contributed by atoms with E-state index < -0.39 is 33.9 Å². The van der Waals surface area contributed by atoms with Crippen LogP contribution in [0.3, 0.4) is 0 Å². The topological polar surface area (TPSA) is 116 Å². The molecular formula is C17H18N2O6S. The molecule has 3 rings (SSSR count). The van der Waals surface area contributed by atoms with Crippen molar-refractivity contribution in [1.82, 2.24) is 10.3 Å². The van der Waals surface area contributed by atoms with E-state index in [-0.39, 0.29) is 17.4 Å². The Morgan fingerprint density at radius 2 is 2.15 bits per heavy atom. The van der Waals surface area contributed by atoms with Crippen LogP contribution >= 0.6 is 0 Å². The minimum Gasteiger partial charge on any atom is -0.449 e. The molecule has 1 aliphatic heterocycles. The molecular weight excluding hydrogens is 360 g/mol. The van der Waals surface area contributed by atoms with E-state index >= 15 is 0 Å². The van der Waals surface area contributed by atoms with Crippen molar-refractivity contribution >= 4 is 38.9 Å². The molecule has 26 heavy (non-hydrogen) atoms. The van der Waals surface area contributed by atoms with Gasteiger partial charge in [-0.05, 0) is 25.5 Å². The van der Waals surface area contributed by atoms with Crippen LogP contribution in [0.15, 0.2) is 34.8 Å². The zero-order valence-corrected chi connectivity index (χ0v) is 14.9. The van der Waals surface area contributed by atoms with Gasteiger partial charge in [-0.1, -0.05) is 12.1 Å². The lowest BCUT2D eigenvalue weighted by molar-refractivity contribution is -0.150. The average Bonchev–Trinajstić information content (AvgIpc) is 3.15. The summed E-state index contributed by atoms with van der Waals surface area (Å²) in [6, 6.07) is 6.73. The molecule has 138 valence electrons. The van der Waals surface area contributed by atoms with Gasteiger partial charge in [-0.3, -0.25) is 4.79 Å². The Bertz CT molecular complexity index is 930. The van der Waals surface area contributed by atoms with E-state index in [0.717, 1.165) is 6.08 Å². The predicted octanol–water partition coefficient (Wildman–Crippen LogP) is 1.08. The highest BCUT2D eigenvalue weighted by atomic mass is 32.2. The molecule has 0 bridgehead atoms. The summed E-state index contributed by atoms with van der Waals surface area (Å²) in [7, 11) is -3.09. The summed E-state index contributed by atoms with van der Waals surface area (Å²) in [5.74, 6) is -1.04. The van der Waals surface area contributed by atoms with E-state index in [1.165, 1.54) is 13.0 Å². The number of benzene rings is 1. The van der Waals surface area contributed by atoms with Crippen molar-refractivity contribution in [3.63, 3.8) is 0 Å². The summed E-state index contributed by atoms with van der Waals surface area (Å²) in [6.45, 7) is 1.42. The maximum atomic E-state index is 12.0. The number of carbonyl (C=O) groups excluding carboxylic acids is 2. The highest BCUT2D eigenvalue weighted by Gasteiger charge is 2.30. The SMILES string of the molecule is C[C@H](OC(=O)/C=C/c1nc2ccccc2o1)C(=O)N[C@H]1CCS(=O)(=O)C1. The van der Waals surface area contributed by atoms with Gasteiger partial charge in [0.25, 0.3) is 5.91 Å². The van der Waals surface area contributed by atoms with Crippen molar-refractivity contribution < 1.29 is 27.2 Å². The van der Waals surface area contributed by atoms with E-state index in [4.69, 9.17) is 9.15 Å². The van der Waals surface area contributed by atoms with Gasteiger partial charge in [-0.25, -0.2) is 18.2 Å². The molecule has 0 aliphatic carbocycles. The van der Waals surface area contributed by atoms with Gasteiger partial charge in [0.15, 0.2) is 21.5 Å². The molecule has 2 aromatic rings. The first-order valence-corrected chi connectivity index (χ1v) is 9.89. The number of esters is 1. The smallest absolute Gasteiger partial charge is 0.331 e. The molecule has 0 spiro atoms. The fourth-order valence-corrected chi connectivity index (χ4v) is 4.27. The first kappa shape index (κ1) is 18.1. The number of aromatic nitrogens is 1. The normalized spacial score (nSPS) is 20.3. The Morgan fingerprint density at radius 3 is 2.85 bits per heavy atom. The standard InChI is InChI=1S/C17H18N2O6S/c1-11(17(21)18-12-8-9-26(22,23)10-12)24-16(20)7-6-15-19-13-4-2-3-5-14(13)25-15/h2-7,11-12H,8-10H2,1H3,(H,18,21)/b7-6+/t11-,12-/m0/s1. The fourth-order valence-electron chi connectivity index (χ4n) is 2.60. The summed E-state index contributed by atoms with van der Waals surface area (Å²) in [4.78, 5) is 28.0. The molecule has 9 heteroatoms. The molecule has 1 N–H and O–H groups in total. The number of para-hydroxylation sites is 2. The van der Waals surface area contributed by atoms with Crippen LogP contribution in [0.4, 0.5) is 0 Å². The van der Waals surface area contributed by atoms with Crippen LogP contribution in [0, 0.1) is 0 Å². The molecule has 1 aromatic carbocycles. The van der Waals surface area contributed by atoms with Crippen molar-refractivity contribution in [2.24, 2.45) is 0 Å².